The lowest BCUT2D eigenvalue weighted by Crippen LogP contribution is -2.50. The third kappa shape index (κ3) is 6.24. The smallest absolute Gasteiger partial charge is 0.290 e. The molecule has 11 nitrogen and oxygen atoms in total. The highest BCUT2D eigenvalue weighted by atomic mass is 16.3. The van der Waals surface area contributed by atoms with Crippen LogP contribution in [0.1, 0.15) is 42.6 Å². The van der Waals surface area contributed by atoms with Crippen molar-refractivity contribution in [3.63, 3.8) is 0 Å². The maximum absolute atomic E-state index is 12.6. The molecular formula is C21H30N6O5. The predicted molar refractivity (Wildman–Crippen MR) is 115 cm³/mol. The SMILES string of the molecule is O=C(N[C@@H]1C[C@@H](C(=O)NCCN2CCCC2)CC[C@H]1O)c1cc2ncccn2n1.O=CO. The molecule has 1 aliphatic carbocycles. The van der Waals surface area contributed by atoms with Gasteiger partial charge in [0.05, 0.1) is 12.1 Å². The normalized spacial score (nSPS) is 23.2. The van der Waals surface area contributed by atoms with Gasteiger partial charge in [-0.25, -0.2) is 9.50 Å². The number of aromatic nitrogens is 3. The summed E-state index contributed by atoms with van der Waals surface area (Å²) in [5.74, 6) is -0.563. The van der Waals surface area contributed by atoms with Crippen LogP contribution >= 0.6 is 0 Å². The van der Waals surface area contributed by atoms with E-state index >= 15 is 0 Å². The molecule has 0 spiro atoms. The Morgan fingerprint density at radius 2 is 2.00 bits per heavy atom. The van der Waals surface area contributed by atoms with Gasteiger partial charge < -0.3 is 25.7 Å². The lowest BCUT2D eigenvalue weighted by molar-refractivity contribution is -0.127. The molecule has 3 atom stereocenters. The number of fused-ring (bicyclic) bond motifs is 1. The second kappa shape index (κ2) is 11.5. The number of nitrogens with one attached hydrogen (secondary N) is 2. The molecule has 3 heterocycles. The van der Waals surface area contributed by atoms with Gasteiger partial charge in [0.1, 0.15) is 0 Å². The number of carboxylic acid groups (broad SMARTS) is 1. The fourth-order valence-corrected chi connectivity index (χ4v) is 4.22. The zero-order chi connectivity index (χ0) is 22.9. The summed E-state index contributed by atoms with van der Waals surface area (Å²) >= 11 is 0. The van der Waals surface area contributed by atoms with Crippen LogP contribution in [0.4, 0.5) is 0 Å². The van der Waals surface area contributed by atoms with Gasteiger partial charge in [0.15, 0.2) is 11.3 Å². The van der Waals surface area contributed by atoms with E-state index in [1.54, 1.807) is 24.5 Å². The Morgan fingerprint density at radius 1 is 1.25 bits per heavy atom. The number of amides is 2. The van der Waals surface area contributed by atoms with Crippen molar-refractivity contribution < 1.29 is 24.6 Å². The summed E-state index contributed by atoms with van der Waals surface area (Å²) in [5, 5.41) is 27.3. The van der Waals surface area contributed by atoms with Gasteiger partial charge in [-0.1, -0.05) is 0 Å². The van der Waals surface area contributed by atoms with E-state index in [9.17, 15) is 14.7 Å². The molecular weight excluding hydrogens is 416 g/mol. The standard InChI is InChI=1S/C20H28N6O3.CH2O2/c27-17-5-4-14(19(28)22-7-11-25-8-1-2-9-25)12-15(17)23-20(29)16-13-18-21-6-3-10-26(18)24-16;2-1-3/h3,6,10,13-15,17,27H,1-2,4-5,7-9,11-12H2,(H,22,28)(H,23,29);1H,(H,2,3)/t14-,15+,17+;/m0./s1. The summed E-state index contributed by atoms with van der Waals surface area (Å²) in [4.78, 5) is 40.0. The first-order chi connectivity index (χ1) is 15.5. The summed E-state index contributed by atoms with van der Waals surface area (Å²) in [6.07, 6.45) is 6.70. The molecule has 0 unspecified atom stereocenters. The molecule has 4 rings (SSSR count). The lowest BCUT2D eigenvalue weighted by atomic mass is 9.83. The van der Waals surface area contributed by atoms with Crippen LogP contribution in [0.15, 0.2) is 24.5 Å². The van der Waals surface area contributed by atoms with Crippen LogP contribution in [0, 0.1) is 5.92 Å². The highest BCUT2D eigenvalue weighted by molar-refractivity contribution is 5.93. The van der Waals surface area contributed by atoms with Crippen LogP contribution in [0.25, 0.3) is 5.65 Å². The summed E-state index contributed by atoms with van der Waals surface area (Å²) in [6, 6.07) is 2.87. The Morgan fingerprint density at radius 3 is 2.72 bits per heavy atom. The largest absolute Gasteiger partial charge is 0.483 e. The molecule has 0 bridgehead atoms. The third-order valence-electron chi connectivity index (χ3n) is 5.90. The summed E-state index contributed by atoms with van der Waals surface area (Å²) < 4.78 is 1.53. The zero-order valence-electron chi connectivity index (χ0n) is 17.9. The van der Waals surface area contributed by atoms with Crippen LogP contribution in [0.2, 0.25) is 0 Å². The average molecular weight is 447 g/mol. The van der Waals surface area contributed by atoms with E-state index in [-0.39, 0.29) is 29.9 Å². The van der Waals surface area contributed by atoms with E-state index in [0.29, 0.717) is 31.5 Å². The van der Waals surface area contributed by atoms with Crippen molar-refractivity contribution in [2.75, 3.05) is 26.2 Å². The molecule has 2 aliphatic rings. The van der Waals surface area contributed by atoms with E-state index in [0.717, 1.165) is 19.6 Å². The summed E-state index contributed by atoms with van der Waals surface area (Å²) in [7, 11) is 0. The number of aliphatic hydroxyl groups excluding tert-OH is 1. The number of nitrogens with zero attached hydrogens (tertiary/aromatic N) is 4. The Hall–Kier alpha value is -3.05. The van der Waals surface area contributed by atoms with Crippen LogP contribution in [0.5, 0.6) is 0 Å². The van der Waals surface area contributed by atoms with Gasteiger partial charge in [0.25, 0.3) is 12.4 Å². The number of hydrogen-bond acceptors (Lipinski definition) is 7. The molecule has 2 aromatic heterocycles. The first-order valence-electron chi connectivity index (χ1n) is 10.9. The Labute approximate surface area is 185 Å². The molecule has 174 valence electrons. The van der Waals surface area contributed by atoms with Gasteiger partial charge >= 0.3 is 0 Å². The van der Waals surface area contributed by atoms with Crippen molar-refractivity contribution >= 4 is 23.9 Å². The molecule has 2 aromatic rings. The van der Waals surface area contributed by atoms with Gasteiger partial charge in [-0.3, -0.25) is 14.4 Å². The maximum atomic E-state index is 12.6. The number of carbonyl (C=O) groups is 3. The van der Waals surface area contributed by atoms with Crippen LogP contribution in [-0.4, -0.2) is 86.3 Å². The minimum Gasteiger partial charge on any atom is -0.483 e. The van der Waals surface area contributed by atoms with E-state index in [1.165, 1.54) is 17.4 Å². The number of likely N-dealkylation sites (tertiary alicyclic amines) is 1. The number of rotatable bonds is 6. The van der Waals surface area contributed by atoms with Crippen molar-refractivity contribution in [3.05, 3.63) is 30.2 Å². The highest BCUT2D eigenvalue weighted by Gasteiger charge is 2.34. The lowest BCUT2D eigenvalue weighted by Gasteiger charge is -2.33. The Balaban J connectivity index is 0.000000913. The summed E-state index contributed by atoms with van der Waals surface area (Å²) in [6.45, 7) is 3.49. The molecule has 1 aliphatic heterocycles. The first-order valence-corrected chi connectivity index (χ1v) is 10.9. The van der Waals surface area contributed by atoms with Crippen LogP contribution < -0.4 is 10.6 Å². The fourth-order valence-electron chi connectivity index (χ4n) is 4.22. The molecule has 0 aromatic carbocycles. The molecule has 4 N–H and O–H groups in total. The molecule has 1 saturated heterocycles. The minimum absolute atomic E-state index is 0.00674. The molecule has 2 amide bonds. The van der Waals surface area contributed by atoms with Gasteiger partial charge in [-0.2, -0.15) is 5.10 Å². The number of aliphatic hydroxyl groups is 1. The van der Waals surface area contributed by atoms with Gasteiger partial charge in [-0.15, -0.1) is 0 Å². The quantitative estimate of drug-likeness (QED) is 0.450. The first kappa shape index (κ1) is 23.6. The molecule has 32 heavy (non-hydrogen) atoms. The van der Waals surface area contributed by atoms with Gasteiger partial charge in [0.2, 0.25) is 5.91 Å². The second-order valence-corrected chi connectivity index (χ2v) is 8.05. The monoisotopic (exact) mass is 446 g/mol. The predicted octanol–water partition coefficient (Wildman–Crippen LogP) is -0.0985. The zero-order valence-corrected chi connectivity index (χ0v) is 17.9. The van der Waals surface area contributed by atoms with Crippen molar-refractivity contribution in [2.45, 2.75) is 44.2 Å². The van der Waals surface area contributed by atoms with E-state index < -0.39 is 12.1 Å². The summed E-state index contributed by atoms with van der Waals surface area (Å²) in [5.41, 5.74) is 0.824. The van der Waals surface area contributed by atoms with Crippen molar-refractivity contribution in [1.29, 1.82) is 0 Å². The number of hydrogen-bond donors (Lipinski definition) is 4. The van der Waals surface area contributed by atoms with Crippen molar-refractivity contribution in [3.8, 4) is 0 Å². The molecule has 2 fully saturated rings. The second-order valence-electron chi connectivity index (χ2n) is 8.05. The number of carbonyl (C=O) groups excluding carboxylic acids is 2. The van der Waals surface area contributed by atoms with Crippen LogP contribution in [0.3, 0.4) is 0 Å². The van der Waals surface area contributed by atoms with Crippen LogP contribution in [-0.2, 0) is 9.59 Å². The Kier molecular flexibility index (Phi) is 8.51. The minimum atomic E-state index is -0.664. The molecule has 0 radical (unpaired) electrons. The Bertz CT molecular complexity index is 880. The molecule has 11 heteroatoms. The average Bonchev–Trinajstić information content (AvgIpc) is 3.45. The van der Waals surface area contributed by atoms with E-state index in [4.69, 9.17) is 9.90 Å². The van der Waals surface area contributed by atoms with Gasteiger partial charge in [0, 0.05) is 37.5 Å². The fraction of sp³-hybridized carbons (Fsp3) is 0.571. The van der Waals surface area contributed by atoms with Crippen molar-refractivity contribution in [1.82, 2.24) is 30.1 Å². The third-order valence-corrected chi connectivity index (χ3v) is 5.90. The topological polar surface area (TPSA) is 149 Å². The van der Waals surface area contributed by atoms with Gasteiger partial charge in [-0.05, 0) is 51.3 Å². The van der Waals surface area contributed by atoms with Crippen molar-refractivity contribution in [2.24, 2.45) is 5.92 Å². The van der Waals surface area contributed by atoms with E-state index in [2.05, 4.69) is 25.6 Å². The maximum Gasteiger partial charge on any atom is 0.290 e. The highest BCUT2D eigenvalue weighted by Crippen LogP contribution is 2.25. The van der Waals surface area contributed by atoms with E-state index in [1.807, 2.05) is 0 Å². The molecule has 1 saturated carbocycles.